The van der Waals surface area contributed by atoms with Crippen molar-refractivity contribution in [1.82, 2.24) is 4.90 Å². The average molecular weight is 218 g/mol. The van der Waals surface area contributed by atoms with E-state index >= 15 is 0 Å². The monoisotopic (exact) mass is 218 g/mol. The Morgan fingerprint density at radius 3 is 2.27 bits per heavy atom. The molecule has 4 nitrogen and oxygen atoms in total. The van der Waals surface area contributed by atoms with Crippen LogP contribution in [0, 0.1) is 5.41 Å². The van der Waals surface area contributed by atoms with Crippen LogP contribution in [0.4, 0.5) is 0 Å². The first-order chi connectivity index (χ1) is 6.82. The summed E-state index contributed by atoms with van der Waals surface area (Å²) >= 11 is 0. The second kappa shape index (κ2) is 6.43. The van der Waals surface area contributed by atoms with E-state index < -0.39 is 6.10 Å². The maximum atomic E-state index is 9.62. The van der Waals surface area contributed by atoms with Crippen molar-refractivity contribution in [2.75, 3.05) is 33.9 Å². The first-order valence-corrected chi connectivity index (χ1v) is 5.40. The zero-order valence-electron chi connectivity index (χ0n) is 10.7. The fourth-order valence-corrected chi connectivity index (χ4v) is 1.90. The number of nitrogens with zero attached hydrogens (tertiary/aromatic N) is 1. The molecule has 0 heterocycles. The van der Waals surface area contributed by atoms with E-state index in [1.807, 2.05) is 7.05 Å². The molecule has 0 aromatic carbocycles. The molecule has 0 saturated carbocycles. The SMILES string of the molecule is COCC(O)CN(C)C(CN)C(C)(C)C. The lowest BCUT2D eigenvalue weighted by atomic mass is 9.86. The van der Waals surface area contributed by atoms with Gasteiger partial charge >= 0.3 is 0 Å². The number of aliphatic hydroxyl groups is 1. The van der Waals surface area contributed by atoms with Crippen molar-refractivity contribution in [2.45, 2.75) is 32.9 Å². The molecule has 0 aliphatic rings. The van der Waals surface area contributed by atoms with Gasteiger partial charge in [0.2, 0.25) is 0 Å². The van der Waals surface area contributed by atoms with Crippen LogP contribution in [0.5, 0.6) is 0 Å². The number of ether oxygens (including phenoxy) is 1. The Bertz CT molecular complexity index is 168. The van der Waals surface area contributed by atoms with Gasteiger partial charge in [-0.2, -0.15) is 0 Å². The van der Waals surface area contributed by atoms with Crippen molar-refractivity contribution in [1.29, 1.82) is 0 Å². The number of hydrogen-bond donors (Lipinski definition) is 2. The van der Waals surface area contributed by atoms with Crippen LogP contribution in [0.25, 0.3) is 0 Å². The van der Waals surface area contributed by atoms with Crippen LogP contribution in [0.1, 0.15) is 20.8 Å². The zero-order chi connectivity index (χ0) is 12.1. The highest BCUT2D eigenvalue weighted by Crippen LogP contribution is 2.22. The minimum absolute atomic E-state index is 0.121. The van der Waals surface area contributed by atoms with Crippen LogP contribution in [-0.2, 0) is 4.74 Å². The van der Waals surface area contributed by atoms with Gasteiger partial charge in [0, 0.05) is 26.2 Å². The predicted molar refractivity (Wildman–Crippen MR) is 62.8 cm³/mol. The fourth-order valence-electron chi connectivity index (χ4n) is 1.90. The number of aliphatic hydroxyl groups excluding tert-OH is 1. The molecule has 2 unspecified atom stereocenters. The minimum atomic E-state index is -0.448. The highest BCUT2D eigenvalue weighted by molar-refractivity contribution is 4.83. The van der Waals surface area contributed by atoms with E-state index in [4.69, 9.17) is 10.5 Å². The van der Waals surface area contributed by atoms with Crippen LogP contribution in [0.3, 0.4) is 0 Å². The summed E-state index contributed by atoms with van der Waals surface area (Å²) in [5, 5.41) is 9.62. The molecule has 0 rings (SSSR count). The van der Waals surface area contributed by atoms with E-state index in [2.05, 4.69) is 25.7 Å². The molecular formula is C11H26N2O2. The lowest BCUT2D eigenvalue weighted by Crippen LogP contribution is -2.49. The summed E-state index contributed by atoms with van der Waals surface area (Å²) in [4.78, 5) is 2.10. The first kappa shape index (κ1) is 14.8. The van der Waals surface area contributed by atoms with Gasteiger partial charge in [-0.05, 0) is 12.5 Å². The molecular weight excluding hydrogens is 192 g/mol. The van der Waals surface area contributed by atoms with Gasteiger partial charge in [0.1, 0.15) is 0 Å². The number of likely N-dealkylation sites (N-methyl/N-ethyl adjacent to an activating group) is 1. The Morgan fingerprint density at radius 2 is 1.93 bits per heavy atom. The lowest BCUT2D eigenvalue weighted by molar-refractivity contribution is 0.0201. The highest BCUT2D eigenvalue weighted by Gasteiger charge is 2.27. The van der Waals surface area contributed by atoms with Crippen LogP contribution in [-0.4, -0.2) is 56.0 Å². The zero-order valence-corrected chi connectivity index (χ0v) is 10.7. The molecule has 92 valence electrons. The molecule has 0 spiro atoms. The van der Waals surface area contributed by atoms with Gasteiger partial charge in [0.05, 0.1) is 12.7 Å². The molecule has 2 atom stereocenters. The van der Waals surface area contributed by atoms with Crippen molar-refractivity contribution < 1.29 is 9.84 Å². The Morgan fingerprint density at radius 1 is 1.40 bits per heavy atom. The van der Waals surface area contributed by atoms with Gasteiger partial charge in [-0.3, -0.25) is 4.90 Å². The molecule has 0 fully saturated rings. The average Bonchev–Trinajstić information content (AvgIpc) is 2.02. The fraction of sp³-hybridized carbons (Fsp3) is 1.00. The Kier molecular flexibility index (Phi) is 6.36. The van der Waals surface area contributed by atoms with Gasteiger partial charge in [0.25, 0.3) is 0 Å². The van der Waals surface area contributed by atoms with E-state index in [1.54, 1.807) is 7.11 Å². The molecule has 0 aromatic rings. The van der Waals surface area contributed by atoms with Crippen LogP contribution < -0.4 is 5.73 Å². The van der Waals surface area contributed by atoms with Gasteiger partial charge < -0.3 is 15.6 Å². The third-order valence-corrected chi connectivity index (χ3v) is 2.61. The van der Waals surface area contributed by atoms with Crippen molar-refractivity contribution in [3.05, 3.63) is 0 Å². The Balaban J connectivity index is 4.21. The molecule has 0 saturated heterocycles. The van der Waals surface area contributed by atoms with E-state index in [0.29, 0.717) is 19.7 Å². The van der Waals surface area contributed by atoms with E-state index in [0.717, 1.165) is 0 Å². The molecule has 0 aliphatic heterocycles. The summed E-state index contributed by atoms with van der Waals surface area (Å²) in [6.45, 7) is 8.02. The largest absolute Gasteiger partial charge is 0.389 e. The van der Waals surface area contributed by atoms with Gasteiger partial charge in [-0.15, -0.1) is 0 Å². The van der Waals surface area contributed by atoms with Crippen LogP contribution in [0.2, 0.25) is 0 Å². The second-order valence-electron chi connectivity index (χ2n) is 5.17. The summed E-state index contributed by atoms with van der Waals surface area (Å²) in [6.07, 6.45) is -0.448. The molecule has 15 heavy (non-hydrogen) atoms. The maximum absolute atomic E-state index is 9.62. The molecule has 4 heteroatoms. The Labute approximate surface area is 93.4 Å². The number of nitrogens with two attached hydrogens (primary N) is 1. The molecule has 0 aliphatic carbocycles. The molecule has 0 aromatic heterocycles. The Hall–Kier alpha value is -0.160. The van der Waals surface area contributed by atoms with E-state index in [1.165, 1.54) is 0 Å². The van der Waals surface area contributed by atoms with Gasteiger partial charge in [-0.1, -0.05) is 20.8 Å². The number of methoxy groups -OCH3 is 1. The summed E-state index contributed by atoms with van der Waals surface area (Å²) in [6, 6.07) is 0.268. The maximum Gasteiger partial charge on any atom is 0.0900 e. The standard InChI is InChI=1S/C11H26N2O2/c1-11(2,3)10(6-12)13(4)7-9(14)8-15-5/h9-10,14H,6-8,12H2,1-5H3. The third-order valence-electron chi connectivity index (χ3n) is 2.61. The molecule has 3 N–H and O–H groups in total. The van der Waals surface area contributed by atoms with Crippen molar-refractivity contribution in [3.63, 3.8) is 0 Å². The predicted octanol–water partition coefficient (Wildman–Crippen LogP) is 0.299. The molecule has 0 radical (unpaired) electrons. The molecule has 0 bridgehead atoms. The van der Waals surface area contributed by atoms with Crippen LogP contribution >= 0.6 is 0 Å². The summed E-state index contributed by atoms with van der Waals surface area (Å²) in [5.74, 6) is 0. The molecule has 0 amide bonds. The van der Waals surface area contributed by atoms with E-state index in [9.17, 15) is 5.11 Å². The third kappa shape index (κ3) is 5.47. The lowest BCUT2D eigenvalue weighted by Gasteiger charge is -2.38. The topological polar surface area (TPSA) is 58.7 Å². The van der Waals surface area contributed by atoms with E-state index in [-0.39, 0.29) is 11.5 Å². The summed E-state index contributed by atoms with van der Waals surface area (Å²) in [5.41, 5.74) is 5.88. The first-order valence-electron chi connectivity index (χ1n) is 5.40. The quantitative estimate of drug-likeness (QED) is 0.673. The highest BCUT2D eigenvalue weighted by atomic mass is 16.5. The summed E-state index contributed by atoms with van der Waals surface area (Å²) in [7, 11) is 3.58. The van der Waals surface area contributed by atoms with Crippen molar-refractivity contribution in [3.8, 4) is 0 Å². The van der Waals surface area contributed by atoms with Crippen molar-refractivity contribution >= 4 is 0 Å². The smallest absolute Gasteiger partial charge is 0.0900 e. The van der Waals surface area contributed by atoms with Gasteiger partial charge in [0.15, 0.2) is 0 Å². The number of rotatable bonds is 6. The normalized spacial score (nSPS) is 16.8. The van der Waals surface area contributed by atoms with Gasteiger partial charge in [-0.25, -0.2) is 0 Å². The number of hydrogen-bond acceptors (Lipinski definition) is 4. The minimum Gasteiger partial charge on any atom is -0.389 e. The second-order valence-corrected chi connectivity index (χ2v) is 5.17. The summed E-state index contributed by atoms with van der Waals surface area (Å²) < 4.78 is 4.90. The van der Waals surface area contributed by atoms with Crippen LogP contribution in [0.15, 0.2) is 0 Å². The van der Waals surface area contributed by atoms with Crippen molar-refractivity contribution in [2.24, 2.45) is 11.1 Å².